The Morgan fingerprint density at radius 3 is 2.00 bits per heavy atom. The predicted molar refractivity (Wildman–Crippen MR) is 69.3 cm³/mol. The Morgan fingerprint density at radius 2 is 1.44 bits per heavy atom. The van der Waals surface area contributed by atoms with Crippen LogP contribution in [0.1, 0.15) is 0 Å². The van der Waals surface area contributed by atoms with Gasteiger partial charge < -0.3 is 0 Å². The molecular weight excluding hydrogens is 236 g/mol. The van der Waals surface area contributed by atoms with Crippen LogP contribution >= 0.6 is 11.8 Å². The van der Waals surface area contributed by atoms with Gasteiger partial charge in [-0.15, -0.1) is 0 Å². The van der Waals surface area contributed by atoms with E-state index in [0.29, 0.717) is 0 Å². The summed E-state index contributed by atoms with van der Waals surface area (Å²) in [5.41, 5.74) is 0. The summed E-state index contributed by atoms with van der Waals surface area (Å²) >= 11 is 1.71. The van der Waals surface area contributed by atoms with Crippen LogP contribution in [0.2, 0.25) is 0 Å². The third kappa shape index (κ3) is 2.97. The normalized spacial score (nSPS) is 12.3. The molecule has 3 heteroatoms. The zero-order chi connectivity index (χ0) is 11.4. The lowest BCUT2D eigenvalue weighted by molar-refractivity contribution is 0.686. The third-order valence-electron chi connectivity index (χ3n) is 2.13. The molecular formula is C13H12OS2. The molecule has 0 bridgehead atoms. The van der Waals surface area contributed by atoms with Gasteiger partial charge in [0, 0.05) is 31.7 Å². The van der Waals surface area contributed by atoms with E-state index in [1.165, 1.54) is 9.79 Å². The average Bonchev–Trinajstić information content (AvgIpc) is 2.31. The van der Waals surface area contributed by atoms with Gasteiger partial charge in [-0.2, -0.15) is 0 Å². The fourth-order valence-corrected chi connectivity index (χ4v) is 2.68. The lowest BCUT2D eigenvalue weighted by atomic mass is 10.4. The van der Waals surface area contributed by atoms with Crippen molar-refractivity contribution >= 4 is 22.6 Å². The van der Waals surface area contributed by atoms with Crippen molar-refractivity contribution in [1.29, 1.82) is 0 Å². The summed E-state index contributed by atoms with van der Waals surface area (Å²) in [6, 6.07) is 18.1. The fourth-order valence-electron chi connectivity index (χ4n) is 1.32. The van der Waals surface area contributed by atoms with Crippen LogP contribution in [0.3, 0.4) is 0 Å². The van der Waals surface area contributed by atoms with E-state index in [9.17, 15) is 4.21 Å². The summed E-state index contributed by atoms with van der Waals surface area (Å²) < 4.78 is 11.2. The topological polar surface area (TPSA) is 17.1 Å². The molecule has 2 aromatic carbocycles. The first kappa shape index (κ1) is 11.4. The number of hydrogen-bond donors (Lipinski definition) is 0. The number of benzene rings is 2. The molecule has 16 heavy (non-hydrogen) atoms. The second kappa shape index (κ2) is 5.32. The van der Waals surface area contributed by atoms with E-state index in [1.807, 2.05) is 42.5 Å². The van der Waals surface area contributed by atoms with E-state index in [1.54, 1.807) is 18.0 Å². The first-order valence-electron chi connectivity index (χ1n) is 4.92. The van der Waals surface area contributed by atoms with Crippen LogP contribution in [-0.2, 0) is 10.8 Å². The van der Waals surface area contributed by atoms with Gasteiger partial charge in [0.2, 0.25) is 0 Å². The van der Waals surface area contributed by atoms with Gasteiger partial charge in [0.25, 0.3) is 0 Å². The van der Waals surface area contributed by atoms with E-state index >= 15 is 0 Å². The Kier molecular flexibility index (Phi) is 3.80. The maximum absolute atomic E-state index is 11.2. The molecule has 0 fully saturated rings. The molecule has 1 nitrogen and oxygen atoms in total. The molecule has 0 aromatic heterocycles. The Morgan fingerprint density at radius 1 is 0.875 bits per heavy atom. The zero-order valence-electron chi connectivity index (χ0n) is 8.92. The second-order valence-corrected chi connectivity index (χ2v) is 5.87. The van der Waals surface area contributed by atoms with Crippen molar-refractivity contribution in [2.75, 3.05) is 6.26 Å². The zero-order valence-corrected chi connectivity index (χ0v) is 10.6. The highest BCUT2D eigenvalue weighted by Gasteiger charge is 1.99. The van der Waals surface area contributed by atoms with Gasteiger partial charge in [-0.05, 0) is 36.4 Å². The molecule has 2 rings (SSSR count). The van der Waals surface area contributed by atoms with E-state index in [0.717, 1.165) is 4.90 Å². The van der Waals surface area contributed by atoms with Gasteiger partial charge in [0.15, 0.2) is 0 Å². The van der Waals surface area contributed by atoms with Crippen LogP contribution in [0.4, 0.5) is 0 Å². The van der Waals surface area contributed by atoms with E-state index < -0.39 is 10.8 Å². The summed E-state index contributed by atoms with van der Waals surface area (Å²) in [5, 5.41) is 0. The largest absolute Gasteiger partial charge is 0.255 e. The highest BCUT2D eigenvalue weighted by atomic mass is 32.2. The van der Waals surface area contributed by atoms with Gasteiger partial charge in [-0.1, -0.05) is 30.0 Å². The van der Waals surface area contributed by atoms with E-state index in [4.69, 9.17) is 0 Å². The maximum atomic E-state index is 11.2. The Bertz CT molecular complexity index is 477. The van der Waals surface area contributed by atoms with Gasteiger partial charge >= 0.3 is 0 Å². The standard InChI is InChI=1S/C13H12OS2/c1-16(14)13-9-7-12(8-10-13)15-11-5-3-2-4-6-11/h2-10H,1H3/t16-/m1/s1. The van der Waals surface area contributed by atoms with Crippen LogP contribution in [0.15, 0.2) is 69.3 Å². The molecule has 0 unspecified atom stereocenters. The van der Waals surface area contributed by atoms with Gasteiger partial charge in [0.05, 0.1) is 0 Å². The van der Waals surface area contributed by atoms with Crippen LogP contribution in [-0.4, -0.2) is 10.5 Å². The fraction of sp³-hybridized carbons (Fsp3) is 0.0769. The van der Waals surface area contributed by atoms with Crippen molar-refractivity contribution < 1.29 is 4.21 Å². The minimum atomic E-state index is -0.893. The maximum Gasteiger partial charge on any atom is 0.0498 e. The lowest BCUT2D eigenvalue weighted by Crippen LogP contribution is -1.85. The highest BCUT2D eigenvalue weighted by Crippen LogP contribution is 2.27. The molecule has 0 saturated carbocycles. The molecule has 0 saturated heterocycles. The molecule has 1 atom stereocenters. The molecule has 0 radical (unpaired) electrons. The minimum absolute atomic E-state index is 0.873. The summed E-state index contributed by atoms with van der Waals surface area (Å²) in [5.74, 6) is 0. The molecule has 2 aromatic rings. The quantitative estimate of drug-likeness (QED) is 0.826. The molecule has 0 spiro atoms. The monoisotopic (exact) mass is 248 g/mol. The van der Waals surface area contributed by atoms with Crippen molar-refractivity contribution in [3.05, 3.63) is 54.6 Å². The number of rotatable bonds is 3. The lowest BCUT2D eigenvalue weighted by Gasteiger charge is -2.02. The molecule has 0 aliphatic rings. The molecule has 0 amide bonds. The van der Waals surface area contributed by atoms with Gasteiger partial charge in [0.1, 0.15) is 0 Å². The first-order valence-corrected chi connectivity index (χ1v) is 7.29. The van der Waals surface area contributed by atoms with Gasteiger partial charge in [-0.3, -0.25) is 4.21 Å². The van der Waals surface area contributed by atoms with E-state index in [2.05, 4.69) is 12.1 Å². The van der Waals surface area contributed by atoms with Crippen molar-refractivity contribution in [2.24, 2.45) is 0 Å². The molecule has 0 N–H and O–H groups in total. The number of hydrogen-bond acceptors (Lipinski definition) is 2. The van der Waals surface area contributed by atoms with Crippen molar-refractivity contribution in [2.45, 2.75) is 14.7 Å². The van der Waals surface area contributed by atoms with Gasteiger partial charge in [-0.25, -0.2) is 0 Å². The smallest absolute Gasteiger partial charge is 0.0498 e. The van der Waals surface area contributed by atoms with Crippen molar-refractivity contribution in [1.82, 2.24) is 0 Å². The summed E-state index contributed by atoms with van der Waals surface area (Å²) in [6.07, 6.45) is 1.69. The highest BCUT2D eigenvalue weighted by molar-refractivity contribution is 7.99. The predicted octanol–water partition coefficient (Wildman–Crippen LogP) is 3.58. The molecule has 82 valence electrons. The molecule has 0 aliphatic carbocycles. The average molecular weight is 248 g/mol. The van der Waals surface area contributed by atoms with Crippen LogP contribution in [0.5, 0.6) is 0 Å². The summed E-state index contributed by atoms with van der Waals surface area (Å²) in [6.45, 7) is 0. The summed E-state index contributed by atoms with van der Waals surface area (Å²) in [4.78, 5) is 3.26. The molecule has 0 aliphatic heterocycles. The molecule has 0 heterocycles. The Labute approximate surface area is 102 Å². The van der Waals surface area contributed by atoms with Crippen LogP contribution < -0.4 is 0 Å². The van der Waals surface area contributed by atoms with Crippen molar-refractivity contribution in [3.63, 3.8) is 0 Å². The van der Waals surface area contributed by atoms with Crippen molar-refractivity contribution in [3.8, 4) is 0 Å². The first-order chi connectivity index (χ1) is 7.75. The SMILES string of the molecule is C[S@@](=O)c1ccc(Sc2ccccc2)cc1. The summed E-state index contributed by atoms with van der Waals surface area (Å²) in [7, 11) is -0.893. The van der Waals surface area contributed by atoms with Crippen LogP contribution in [0.25, 0.3) is 0 Å². The minimum Gasteiger partial charge on any atom is -0.255 e. The third-order valence-corrected chi connectivity index (χ3v) is 4.09. The van der Waals surface area contributed by atoms with E-state index in [-0.39, 0.29) is 0 Å². The Balaban J connectivity index is 2.14. The Hall–Kier alpha value is -1.06. The van der Waals surface area contributed by atoms with Crippen LogP contribution in [0, 0.1) is 0 Å². The second-order valence-electron chi connectivity index (χ2n) is 3.34.